The normalized spacial score (nSPS) is 28.9. The number of hydrogen-bond donors (Lipinski definition) is 2. The van der Waals surface area contributed by atoms with E-state index in [2.05, 4.69) is 40.7 Å². The molecule has 6 heteroatoms. The van der Waals surface area contributed by atoms with Gasteiger partial charge >= 0.3 is 0 Å². The second kappa shape index (κ2) is 6.22. The first-order valence-corrected chi connectivity index (χ1v) is 12.1. The van der Waals surface area contributed by atoms with Crippen LogP contribution in [0.5, 0.6) is 5.75 Å². The number of fused-ring (bicyclic) bond motifs is 4. The summed E-state index contributed by atoms with van der Waals surface area (Å²) >= 11 is 1.71. The maximum absolute atomic E-state index is 12.4. The zero-order valence-electron chi connectivity index (χ0n) is 18.0. The SMILES string of the molecule is CN1CC[C@]23Cc4c(sc5nc(-c6ccccc6)cn45)C[C@@]2(O)[C@H]1Cc1ccc(O)cc13. The molecule has 1 saturated heterocycles. The van der Waals surface area contributed by atoms with Crippen molar-refractivity contribution >= 4 is 16.3 Å². The molecule has 2 aromatic heterocycles. The molecule has 5 nitrogen and oxygen atoms in total. The summed E-state index contributed by atoms with van der Waals surface area (Å²) in [7, 11) is 2.14. The highest BCUT2D eigenvalue weighted by Crippen LogP contribution is 2.58. The molecule has 32 heavy (non-hydrogen) atoms. The molecule has 0 saturated carbocycles. The molecule has 3 heterocycles. The number of aromatic hydroxyl groups is 1. The third-order valence-electron chi connectivity index (χ3n) is 8.30. The molecule has 0 unspecified atom stereocenters. The average Bonchev–Trinajstić information content (AvgIpc) is 3.33. The minimum Gasteiger partial charge on any atom is -0.508 e. The third kappa shape index (κ3) is 2.27. The summed E-state index contributed by atoms with van der Waals surface area (Å²) in [5.74, 6) is 0.285. The first-order valence-electron chi connectivity index (χ1n) is 11.3. The van der Waals surface area contributed by atoms with Crippen LogP contribution in [0, 0.1) is 0 Å². The standard InChI is InChI=1S/C26H25N3O2S/c1-28-10-9-25-13-21-22(32-24-27-20(15-29(21)24)16-5-3-2-4-6-16)14-26(25,31)23(28)11-17-7-8-18(30)12-19(17)25/h2-8,12,15,23,30-31H,9-11,13-14H2,1H3/t23-,25-,26-/m1/s1. The number of piperidine rings is 1. The highest BCUT2D eigenvalue weighted by molar-refractivity contribution is 7.17. The molecular formula is C26H25N3O2S. The number of aliphatic hydroxyl groups is 1. The van der Waals surface area contributed by atoms with Crippen LogP contribution >= 0.6 is 11.3 Å². The van der Waals surface area contributed by atoms with E-state index in [4.69, 9.17) is 4.98 Å². The Labute approximate surface area is 190 Å². The van der Waals surface area contributed by atoms with Crippen molar-refractivity contribution in [3.8, 4) is 17.0 Å². The molecule has 0 radical (unpaired) electrons. The molecule has 2 aromatic carbocycles. The molecule has 2 bridgehead atoms. The van der Waals surface area contributed by atoms with Crippen LogP contribution in [0.25, 0.3) is 16.2 Å². The number of phenols is 1. The zero-order valence-corrected chi connectivity index (χ0v) is 18.8. The minimum atomic E-state index is -0.848. The Bertz CT molecular complexity index is 1380. The minimum absolute atomic E-state index is 0.0794. The van der Waals surface area contributed by atoms with E-state index in [1.165, 1.54) is 16.1 Å². The highest BCUT2D eigenvalue weighted by atomic mass is 32.1. The Balaban J connectivity index is 1.44. The van der Waals surface area contributed by atoms with Gasteiger partial charge in [0.25, 0.3) is 0 Å². The maximum Gasteiger partial charge on any atom is 0.194 e. The van der Waals surface area contributed by atoms with Crippen LogP contribution in [-0.2, 0) is 24.7 Å². The van der Waals surface area contributed by atoms with E-state index in [0.29, 0.717) is 6.42 Å². The van der Waals surface area contributed by atoms with Gasteiger partial charge in [-0.3, -0.25) is 4.40 Å². The van der Waals surface area contributed by atoms with Gasteiger partial charge in [-0.15, -0.1) is 11.3 Å². The van der Waals surface area contributed by atoms with Crippen LogP contribution in [-0.4, -0.2) is 49.7 Å². The predicted octanol–water partition coefficient (Wildman–Crippen LogP) is 3.80. The number of aromatic nitrogens is 2. The third-order valence-corrected chi connectivity index (χ3v) is 9.39. The molecule has 162 valence electrons. The van der Waals surface area contributed by atoms with Crippen LogP contribution in [0.15, 0.2) is 54.7 Å². The second-order valence-corrected chi connectivity index (χ2v) is 10.8. The van der Waals surface area contributed by atoms with E-state index < -0.39 is 11.0 Å². The molecule has 1 aliphatic heterocycles. The van der Waals surface area contributed by atoms with Crippen LogP contribution in [0.3, 0.4) is 0 Å². The predicted molar refractivity (Wildman–Crippen MR) is 125 cm³/mol. The lowest BCUT2D eigenvalue weighted by Crippen LogP contribution is -2.73. The Morgan fingerprint density at radius 3 is 2.81 bits per heavy atom. The summed E-state index contributed by atoms with van der Waals surface area (Å²) in [6.45, 7) is 0.948. The van der Waals surface area contributed by atoms with Crippen LogP contribution < -0.4 is 0 Å². The summed E-state index contributed by atoms with van der Waals surface area (Å²) in [4.78, 5) is 9.51. The zero-order chi connectivity index (χ0) is 21.7. The fraction of sp³-hybridized carbons (Fsp3) is 0.346. The number of thiazole rings is 1. The molecule has 0 spiro atoms. The molecule has 2 aliphatic carbocycles. The van der Waals surface area contributed by atoms with Gasteiger partial charge in [-0.25, -0.2) is 4.98 Å². The van der Waals surface area contributed by atoms with Gasteiger partial charge in [0, 0.05) is 46.6 Å². The van der Waals surface area contributed by atoms with Gasteiger partial charge in [0.05, 0.1) is 11.3 Å². The van der Waals surface area contributed by atoms with Crippen molar-refractivity contribution in [2.24, 2.45) is 0 Å². The van der Waals surface area contributed by atoms with Gasteiger partial charge in [-0.1, -0.05) is 36.4 Å². The second-order valence-electron chi connectivity index (χ2n) is 9.77. The Morgan fingerprint density at radius 2 is 1.97 bits per heavy atom. The Hall–Kier alpha value is -2.67. The number of phenolic OH excluding ortho intramolecular Hbond substituents is 1. The molecule has 1 fully saturated rings. The highest BCUT2D eigenvalue weighted by Gasteiger charge is 2.64. The maximum atomic E-state index is 12.4. The van der Waals surface area contributed by atoms with E-state index in [1.807, 2.05) is 24.3 Å². The van der Waals surface area contributed by atoms with Crippen molar-refractivity contribution in [3.63, 3.8) is 0 Å². The van der Waals surface area contributed by atoms with Crippen molar-refractivity contribution < 1.29 is 10.2 Å². The topological polar surface area (TPSA) is 61.0 Å². The summed E-state index contributed by atoms with van der Waals surface area (Å²) in [5.41, 5.74) is 4.53. The van der Waals surface area contributed by atoms with Crippen molar-refractivity contribution in [2.45, 2.75) is 42.7 Å². The summed E-state index contributed by atoms with van der Waals surface area (Å²) in [6.07, 6.45) is 5.26. The number of hydrogen-bond acceptors (Lipinski definition) is 5. The fourth-order valence-corrected chi connectivity index (χ4v) is 7.87. The van der Waals surface area contributed by atoms with E-state index >= 15 is 0 Å². The Kier molecular flexibility index (Phi) is 3.67. The van der Waals surface area contributed by atoms with Gasteiger partial charge in [-0.2, -0.15) is 0 Å². The van der Waals surface area contributed by atoms with E-state index in [1.54, 1.807) is 17.4 Å². The van der Waals surface area contributed by atoms with Crippen LogP contribution in [0.1, 0.15) is 28.1 Å². The van der Waals surface area contributed by atoms with Gasteiger partial charge < -0.3 is 15.1 Å². The molecule has 4 aromatic rings. The molecular weight excluding hydrogens is 418 g/mol. The van der Waals surface area contributed by atoms with E-state index in [9.17, 15) is 10.2 Å². The smallest absolute Gasteiger partial charge is 0.194 e. The van der Waals surface area contributed by atoms with Gasteiger partial charge in [0.1, 0.15) is 5.75 Å². The number of imidazole rings is 1. The molecule has 0 amide bonds. The Morgan fingerprint density at radius 1 is 1.12 bits per heavy atom. The molecule has 3 atom stereocenters. The lowest BCUT2D eigenvalue weighted by molar-refractivity contribution is -0.144. The van der Waals surface area contributed by atoms with E-state index in [0.717, 1.165) is 47.6 Å². The molecule has 3 aliphatic rings. The summed E-state index contributed by atoms with van der Waals surface area (Å²) in [5, 5.41) is 22.7. The molecule has 2 N–H and O–H groups in total. The quantitative estimate of drug-likeness (QED) is 0.470. The van der Waals surface area contributed by atoms with Crippen molar-refractivity contribution in [1.29, 1.82) is 0 Å². The number of benzene rings is 2. The van der Waals surface area contributed by atoms with Gasteiger partial charge in [-0.05, 0) is 49.7 Å². The summed E-state index contributed by atoms with van der Waals surface area (Å²) < 4.78 is 2.25. The lowest BCUT2D eigenvalue weighted by atomic mass is 9.50. The van der Waals surface area contributed by atoms with E-state index in [-0.39, 0.29) is 11.8 Å². The van der Waals surface area contributed by atoms with Crippen LogP contribution in [0.4, 0.5) is 0 Å². The monoisotopic (exact) mass is 443 g/mol. The van der Waals surface area contributed by atoms with Crippen molar-refractivity contribution in [3.05, 3.63) is 76.4 Å². The van der Waals surface area contributed by atoms with Crippen molar-refractivity contribution in [1.82, 2.24) is 14.3 Å². The number of likely N-dealkylation sites (N-methyl/N-ethyl adjacent to an activating group) is 1. The number of likely N-dealkylation sites (tertiary alicyclic amines) is 1. The number of nitrogens with zero attached hydrogens (tertiary/aromatic N) is 3. The lowest BCUT2D eigenvalue weighted by Gasteiger charge is -2.62. The number of rotatable bonds is 1. The van der Waals surface area contributed by atoms with Crippen molar-refractivity contribution in [2.75, 3.05) is 13.6 Å². The average molecular weight is 444 g/mol. The van der Waals surface area contributed by atoms with Gasteiger partial charge in [0.2, 0.25) is 0 Å². The fourth-order valence-electron chi connectivity index (χ4n) is 6.67. The first kappa shape index (κ1) is 18.9. The van der Waals surface area contributed by atoms with Crippen LogP contribution in [0.2, 0.25) is 0 Å². The summed E-state index contributed by atoms with van der Waals surface area (Å²) in [6, 6.07) is 16.1. The van der Waals surface area contributed by atoms with Gasteiger partial charge in [0.15, 0.2) is 4.96 Å². The first-order chi connectivity index (χ1) is 15.5. The molecule has 7 rings (SSSR count). The largest absolute Gasteiger partial charge is 0.508 e.